The average molecular weight is 282 g/mol. The smallest absolute Gasteiger partial charge is 0.224 e. The zero-order chi connectivity index (χ0) is 14.5. The zero-order valence-corrected chi connectivity index (χ0v) is 11.6. The van der Waals surface area contributed by atoms with Crippen molar-refractivity contribution in [3.05, 3.63) is 29.8 Å². The largest absolute Gasteiger partial charge is 0.326 e. The van der Waals surface area contributed by atoms with Gasteiger partial charge in [0.25, 0.3) is 0 Å². The van der Waals surface area contributed by atoms with Crippen molar-refractivity contribution in [2.75, 3.05) is 18.4 Å². The standard InChI is InChI=1S/C15H20F2N2O/c1-10(11-4-6-18-7-5-11)8-15(20)19-12-2-3-13(16)14(17)9-12/h2-3,9-11,18H,4-8H2,1H3,(H,19,20). The highest BCUT2D eigenvalue weighted by Crippen LogP contribution is 2.24. The Morgan fingerprint density at radius 3 is 2.70 bits per heavy atom. The predicted octanol–water partition coefficient (Wildman–Crippen LogP) is 2.93. The molecule has 1 fully saturated rings. The number of carbonyl (C=O) groups excluding carboxylic acids is 1. The first-order valence-corrected chi connectivity index (χ1v) is 7.02. The number of piperidine rings is 1. The van der Waals surface area contributed by atoms with Crippen molar-refractivity contribution >= 4 is 11.6 Å². The van der Waals surface area contributed by atoms with Gasteiger partial charge in [0.1, 0.15) is 0 Å². The van der Waals surface area contributed by atoms with Gasteiger partial charge in [0, 0.05) is 18.2 Å². The number of rotatable bonds is 4. The van der Waals surface area contributed by atoms with Crippen molar-refractivity contribution in [3.8, 4) is 0 Å². The fourth-order valence-corrected chi connectivity index (χ4v) is 2.66. The molecule has 0 bridgehead atoms. The van der Waals surface area contributed by atoms with E-state index < -0.39 is 11.6 Å². The Hall–Kier alpha value is -1.49. The molecule has 20 heavy (non-hydrogen) atoms. The summed E-state index contributed by atoms with van der Waals surface area (Å²) in [6.07, 6.45) is 2.57. The second kappa shape index (κ2) is 6.79. The van der Waals surface area contributed by atoms with Crippen LogP contribution in [0.4, 0.5) is 14.5 Å². The predicted molar refractivity (Wildman–Crippen MR) is 74.4 cm³/mol. The molecule has 3 nitrogen and oxygen atoms in total. The van der Waals surface area contributed by atoms with Crippen molar-refractivity contribution in [1.82, 2.24) is 5.32 Å². The molecule has 0 aliphatic carbocycles. The normalized spacial score (nSPS) is 17.8. The second-order valence-electron chi connectivity index (χ2n) is 5.45. The van der Waals surface area contributed by atoms with Crippen LogP contribution in [0.25, 0.3) is 0 Å². The highest BCUT2D eigenvalue weighted by Gasteiger charge is 2.22. The maximum Gasteiger partial charge on any atom is 0.224 e. The van der Waals surface area contributed by atoms with Crippen LogP contribution in [0.2, 0.25) is 0 Å². The van der Waals surface area contributed by atoms with Gasteiger partial charge in [-0.1, -0.05) is 6.92 Å². The van der Waals surface area contributed by atoms with Crippen LogP contribution in [0, 0.1) is 23.5 Å². The van der Waals surface area contributed by atoms with Gasteiger partial charge in [-0.15, -0.1) is 0 Å². The first-order valence-electron chi connectivity index (χ1n) is 7.02. The van der Waals surface area contributed by atoms with E-state index in [4.69, 9.17) is 0 Å². The highest BCUT2D eigenvalue weighted by molar-refractivity contribution is 5.90. The summed E-state index contributed by atoms with van der Waals surface area (Å²) in [7, 11) is 0. The van der Waals surface area contributed by atoms with E-state index in [0.29, 0.717) is 23.9 Å². The topological polar surface area (TPSA) is 41.1 Å². The molecule has 0 saturated carbocycles. The lowest BCUT2D eigenvalue weighted by Gasteiger charge is -2.27. The molecule has 1 unspecified atom stereocenters. The van der Waals surface area contributed by atoms with E-state index in [0.717, 1.165) is 38.1 Å². The van der Waals surface area contributed by atoms with Crippen molar-refractivity contribution in [2.45, 2.75) is 26.2 Å². The van der Waals surface area contributed by atoms with Gasteiger partial charge < -0.3 is 10.6 Å². The van der Waals surface area contributed by atoms with Gasteiger partial charge in [0.2, 0.25) is 5.91 Å². The average Bonchev–Trinajstić information content (AvgIpc) is 2.44. The molecule has 1 heterocycles. The summed E-state index contributed by atoms with van der Waals surface area (Å²) in [5, 5.41) is 5.92. The monoisotopic (exact) mass is 282 g/mol. The fourth-order valence-electron chi connectivity index (χ4n) is 2.66. The van der Waals surface area contributed by atoms with E-state index in [1.807, 2.05) is 0 Å². The molecule has 110 valence electrons. The molecule has 1 aromatic rings. The molecular weight excluding hydrogens is 262 g/mol. The van der Waals surface area contributed by atoms with E-state index in [9.17, 15) is 13.6 Å². The first-order chi connectivity index (χ1) is 9.56. The minimum absolute atomic E-state index is 0.151. The number of hydrogen-bond acceptors (Lipinski definition) is 2. The summed E-state index contributed by atoms with van der Waals surface area (Å²) >= 11 is 0. The summed E-state index contributed by atoms with van der Waals surface area (Å²) in [5.74, 6) is -1.17. The fraction of sp³-hybridized carbons (Fsp3) is 0.533. The Morgan fingerprint density at radius 2 is 2.05 bits per heavy atom. The number of carbonyl (C=O) groups is 1. The van der Waals surface area contributed by atoms with Crippen LogP contribution in [0.15, 0.2) is 18.2 Å². The molecule has 1 aromatic carbocycles. The number of halogens is 2. The Morgan fingerprint density at radius 1 is 1.35 bits per heavy atom. The van der Waals surface area contributed by atoms with Crippen LogP contribution < -0.4 is 10.6 Å². The molecule has 0 radical (unpaired) electrons. The Bertz CT molecular complexity index is 473. The summed E-state index contributed by atoms with van der Waals surface area (Å²) < 4.78 is 25.8. The van der Waals surface area contributed by atoms with Crippen molar-refractivity contribution in [1.29, 1.82) is 0 Å². The Balaban J connectivity index is 1.86. The lowest BCUT2D eigenvalue weighted by Crippen LogP contribution is -2.32. The molecular formula is C15H20F2N2O. The molecule has 1 aliphatic rings. The number of hydrogen-bond donors (Lipinski definition) is 2. The maximum atomic E-state index is 13.0. The van der Waals surface area contributed by atoms with Gasteiger partial charge in [-0.2, -0.15) is 0 Å². The van der Waals surface area contributed by atoms with Crippen molar-refractivity contribution in [2.24, 2.45) is 11.8 Å². The molecule has 0 spiro atoms. The zero-order valence-electron chi connectivity index (χ0n) is 11.6. The number of benzene rings is 1. The third kappa shape index (κ3) is 4.00. The molecule has 5 heteroatoms. The van der Waals surface area contributed by atoms with Gasteiger partial charge >= 0.3 is 0 Å². The molecule has 1 atom stereocenters. The summed E-state index contributed by atoms with van der Waals surface area (Å²) in [4.78, 5) is 11.9. The number of anilines is 1. The molecule has 1 amide bonds. The van der Waals surface area contributed by atoms with E-state index in [1.54, 1.807) is 0 Å². The molecule has 2 rings (SSSR count). The molecule has 1 aliphatic heterocycles. The minimum Gasteiger partial charge on any atom is -0.326 e. The highest BCUT2D eigenvalue weighted by atomic mass is 19.2. The lowest BCUT2D eigenvalue weighted by molar-refractivity contribution is -0.117. The Kier molecular flexibility index (Phi) is 5.06. The molecule has 1 saturated heterocycles. The molecule has 0 aromatic heterocycles. The van der Waals surface area contributed by atoms with Crippen molar-refractivity contribution < 1.29 is 13.6 Å². The van der Waals surface area contributed by atoms with Crippen LogP contribution >= 0.6 is 0 Å². The van der Waals surface area contributed by atoms with Crippen LogP contribution in [0.3, 0.4) is 0 Å². The number of nitrogens with one attached hydrogen (secondary N) is 2. The van der Waals surface area contributed by atoms with Gasteiger partial charge in [-0.05, 0) is 49.9 Å². The quantitative estimate of drug-likeness (QED) is 0.891. The van der Waals surface area contributed by atoms with Gasteiger partial charge in [-0.3, -0.25) is 4.79 Å². The van der Waals surface area contributed by atoms with Gasteiger partial charge in [0.15, 0.2) is 11.6 Å². The van der Waals surface area contributed by atoms with Crippen molar-refractivity contribution in [3.63, 3.8) is 0 Å². The SMILES string of the molecule is CC(CC(=O)Nc1ccc(F)c(F)c1)C1CCNCC1. The second-order valence-corrected chi connectivity index (χ2v) is 5.45. The summed E-state index contributed by atoms with van der Waals surface area (Å²) in [6.45, 7) is 4.07. The van der Waals surface area contributed by atoms with Crippen LogP contribution in [-0.4, -0.2) is 19.0 Å². The van der Waals surface area contributed by atoms with E-state index in [-0.39, 0.29) is 5.91 Å². The van der Waals surface area contributed by atoms with E-state index in [2.05, 4.69) is 17.6 Å². The maximum absolute atomic E-state index is 13.0. The summed E-state index contributed by atoms with van der Waals surface area (Å²) in [6, 6.07) is 3.38. The third-order valence-electron chi connectivity index (χ3n) is 3.90. The van der Waals surface area contributed by atoms with Gasteiger partial charge in [0.05, 0.1) is 0 Å². The molecule has 2 N–H and O–H groups in total. The van der Waals surface area contributed by atoms with Crippen LogP contribution in [-0.2, 0) is 4.79 Å². The van der Waals surface area contributed by atoms with E-state index in [1.165, 1.54) is 6.07 Å². The Labute approximate surface area is 117 Å². The summed E-state index contributed by atoms with van der Waals surface area (Å²) in [5.41, 5.74) is 0.298. The van der Waals surface area contributed by atoms with Crippen LogP contribution in [0.1, 0.15) is 26.2 Å². The first kappa shape index (κ1) is 14.9. The van der Waals surface area contributed by atoms with Crippen LogP contribution in [0.5, 0.6) is 0 Å². The minimum atomic E-state index is -0.950. The van der Waals surface area contributed by atoms with E-state index >= 15 is 0 Å². The number of amides is 1. The third-order valence-corrected chi connectivity index (χ3v) is 3.90. The van der Waals surface area contributed by atoms with Gasteiger partial charge in [-0.25, -0.2) is 8.78 Å². The lowest BCUT2D eigenvalue weighted by atomic mass is 9.84.